The average molecular weight is 289 g/mol. The van der Waals surface area contributed by atoms with Crippen molar-refractivity contribution in [3.8, 4) is 0 Å². The van der Waals surface area contributed by atoms with Gasteiger partial charge in [-0.05, 0) is 37.3 Å². The zero-order valence-electron chi connectivity index (χ0n) is 12.2. The first kappa shape index (κ1) is 15.4. The Kier molecular flexibility index (Phi) is 4.14. The second-order valence-corrected chi connectivity index (χ2v) is 6.32. The molecule has 2 rings (SSSR count). The van der Waals surface area contributed by atoms with Gasteiger partial charge in [0.15, 0.2) is 5.69 Å². The number of hydrogen-bond acceptors (Lipinski definition) is 2. The van der Waals surface area contributed by atoms with Crippen molar-refractivity contribution < 1.29 is 13.2 Å². The predicted molar refractivity (Wildman–Crippen MR) is 71.4 cm³/mol. The van der Waals surface area contributed by atoms with Crippen LogP contribution in [0.4, 0.5) is 13.2 Å². The van der Waals surface area contributed by atoms with E-state index in [0.29, 0.717) is 0 Å². The van der Waals surface area contributed by atoms with Crippen LogP contribution in [0.3, 0.4) is 0 Å². The Morgan fingerprint density at radius 2 is 2.15 bits per heavy atom. The summed E-state index contributed by atoms with van der Waals surface area (Å²) in [6, 6.07) is 1.23. The molecule has 20 heavy (non-hydrogen) atoms. The number of aromatic nitrogens is 2. The van der Waals surface area contributed by atoms with Crippen molar-refractivity contribution in [3.05, 3.63) is 18.0 Å². The lowest BCUT2D eigenvalue weighted by Gasteiger charge is -2.41. The van der Waals surface area contributed by atoms with Crippen molar-refractivity contribution in [2.75, 3.05) is 6.54 Å². The van der Waals surface area contributed by atoms with E-state index in [9.17, 15) is 13.2 Å². The minimum absolute atomic E-state index is 0.0187. The van der Waals surface area contributed by atoms with Gasteiger partial charge in [-0.1, -0.05) is 20.8 Å². The second-order valence-electron chi connectivity index (χ2n) is 6.32. The molecule has 0 radical (unpaired) electrons. The number of nitrogens with one attached hydrogen (secondary N) is 1. The molecule has 2 atom stereocenters. The van der Waals surface area contributed by atoms with Crippen LogP contribution in [0.1, 0.15) is 51.8 Å². The van der Waals surface area contributed by atoms with Crippen LogP contribution in [0.15, 0.2) is 12.3 Å². The average Bonchev–Trinajstić information content (AvgIpc) is 2.80. The lowest BCUT2D eigenvalue weighted by Crippen LogP contribution is -2.44. The summed E-state index contributed by atoms with van der Waals surface area (Å²) in [5, 5.41) is 7.13. The topological polar surface area (TPSA) is 29.9 Å². The molecule has 2 unspecified atom stereocenters. The molecule has 0 saturated heterocycles. The highest BCUT2D eigenvalue weighted by Gasteiger charge is 2.38. The van der Waals surface area contributed by atoms with Gasteiger partial charge in [-0.25, -0.2) is 0 Å². The molecule has 1 aromatic heterocycles. The Hall–Kier alpha value is -1.04. The van der Waals surface area contributed by atoms with Crippen LogP contribution < -0.4 is 5.32 Å². The summed E-state index contributed by atoms with van der Waals surface area (Å²) in [7, 11) is 0. The summed E-state index contributed by atoms with van der Waals surface area (Å²) >= 11 is 0. The highest BCUT2D eigenvalue weighted by Crippen LogP contribution is 2.41. The number of halogens is 3. The molecule has 1 aliphatic rings. The summed E-state index contributed by atoms with van der Waals surface area (Å²) in [4.78, 5) is 0. The van der Waals surface area contributed by atoms with Gasteiger partial charge in [0.1, 0.15) is 0 Å². The van der Waals surface area contributed by atoms with Gasteiger partial charge < -0.3 is 5.32 Å². The van der Waals surface area contributed by atoms with Gasteiger partial charge in [0, 0.05) is 12.2 Å². The van der Waals surface area contributed by atoms with E-state index in [1.54, 1.807) is 0 Å². The molecule has 0 aliphatic heterocycles. The molecule has 114 valence electrons. The quantitative estimate of drug-likeness (QED) is 0.921. The van der Waals surface area contributed by atoms with Crippen LogP contribution in [0.5, 0.6) is 0 Å². The van der Waals surface area contributed by atoms with E-state index in [-0.39, 0.29) is 17.5 Å². The highest BCUT2D eigenvalue weighted by atomic mass is 19.4. The fraction of sp³-hybridized carbons (Fsp3) is 0.786. The van der Waals surface area contributed by atoms with Gasteiger partial charge >= 0.3 is 6.18 Å². The molecule has 1 fully saturated rings. The zero-order valence-corrected chi connectivity index (χ0v) is 12.2. The Morgan fingerprint density at radius 3 is 2.70 bits per heavy atom. The molecule has 0 spiro atoms. The second kappa shape index (κ2) is 5.39. The molecule has 0 amide bonds. The number of hydrogen-bond donors (Lipinski definition) is 1. The molecule has 1 aliphatic carbocycles. The van der Waals surface area contributed by atoms with Crippen molar-refractivity contribution in [1.29, 1.82) is 0 Å². The smallest absolute Gasteiger partial charge is 0.312 e. The third kappa shape index (κ3) is 3.34. The molecule has 1 saturated carbocycles. The SMILES string of the molecule is CCNC1CCC(C)(C)CC1n1ccc(C(F)(F)F)n1. The van der Waals surface area contributed by atoms with Crippen LogP contribution in [-0.2, 0) is 6.18 Å². The van der Waals surface area contributed by atoms with E-state index < -0.39 is 11.9 Å². The van der Waals surface area contributed by atoms with E-state index in [4.69, 9.17) is 0 Å². The summed E-state index contributed by atoms with van der Waals surface area (Å²) in [5.74, 6) is 0. The van der Waals surface area contributed by atoms with Crippen LogP contribution in [0, 0.1) is 5.41 Å². The maximum atomic E-state index is 12.7. The zero-order chi connectivity index (χ0) is 15.0. The highest BCUT2D eigenvalue weighted by molar-refractivity contribution is 5.05. The van der Waals surface area contributed by atoms with Gasteiger partial charge in [-0.15, -0.1) is 0 Å². The Balaban J connectivity index is 2.24. The van der Waals surface area contributed by atoms with E-state index in [1.165, 1.54) is 10.9 Å². The first-order valence-corrected chi connectivity index (χ1v) is 7.09. The molecule has 1 aromatic rings. The number of nitrogens with zero attached hydrogens (tertiary/aromatic N) is 2. The summed E-state index contributed by atoms with van der Waals surface area (Å²) in [6.45, 7) is 7.16. The molecule has 6 heteroatoms. The maximum absolute atomic E-state index is 12.7. The minimum atomic E-state index is -4.37. The number of likely N-dealkylation sites (N-methyl/N-ethyl adjacent to an activating group) is 1. The lowest BCUT2D eigenvalue weighted by atomic mass is 9.73. The van der Waals surface area contributed by atoms with Gasteiger partial charge in [0.05, 0.1) is 6.04 Å². The first-order valence-electron chi connectivity index (χ1n) is 7.09. The Bertz CT molecular complexity index is 451. The van der Waals surface area contributed by atoms with Crippen molar-refractivity contribution in [2.24, 2.45) is 5.41 Å². The standard InChI is InChI=1S/C14H22F3N3/c1-4-18-10-5-7-13(2,3)9-11(10)20-8-6-12(19-20)14(15,16)17/h6,8,10-11,18H,4-5,7,9H2,1-3H3. The van der Waals surface area contributed by atoms with Gasteiger partial charge in [0.25, 0.3) is 0 Å². The van der Waals surface area contributed by atoms with Crippen molar-refractivity contribution in [1.82, 2.24) is 15.1 Å². The van der Waals surface area contributed by atoms with Crippen molar-refractivity contribution >= 4 is 0 Å². The molecule has 3 nitrogen and oxygen atoms in total. The molecular weight excluding hydrogens is 267 g/mol. The molecule has 0 bridgehead atoms. The molecule has 0 aromatic carbocycles. The van der Waals surface area contributed by atoms with Crippen LogP contribution >= 0.6 is 0 Å². The maximum Gasteiger partial charge on any atom is 0.435 e. The first-order chi connectivity index (χ1) is 9.23. The van der Waals surface area contributed by atoms with E-state index in [0.717, 1.165) is 31.9 Å². The van der Waals surface area contributed by atoms with Crippen LogP contribution in [0.2, 0.25) is 0 Å². The fourth-order valence-corrected chi connectivity index (χ4v) is 3.00. The third-order valence-corrected chi connectivity index (χ3v) is 4.06. The molecule has 1 heterocycles. The van der Waals surface area contributed by atoms with Crippen LogP contribution in [0.25, 0.3) is 0 Å². The Morgan fingerprint density at radius 1 is 1.45 bits per heavy atom. The summed E-state index contributed by atoms with van der Waals surface area (Å²) in [5.41, 5.74) is -0.669. The molecule has 1 N–H and O–H groups in total. The van der Waals surface area contributed by atoms with Gasteiger partial charge in [-0.2, -0.15) is 18.3 Å². The van der Waals surface area contributed by atoms with E-state index in [2.05, 4.69) is 24.3 Å². The largest absolute Gasteiger partial charge is 0.435 e. The monoisotopic (exact) mass is 289 g/mol. The summed E-state index contributed by atoms with van der Waals surface area (Å²) in [6.07, 6.45) is -0.0345. The van der Waals surface area contributed by atoms with Crippen molar-refractivity contribution in [2.45, 2.75) is 58.3 Å². The predicted octanol–water partition coefficient (Wildman–Crippen LogP) is 3.63. The minimum Gasteiger partial charge on any atom is -0.312 e. The third-order valence-electron chi connectivity index (χ3n) is 4.06. The fourth-order valence-electron chi connectivity index (χ4n) is 3.00. The molecular formula is C14H22F3N3. The Labute approximate surface area is 117 Å². The van der Waals surface area contributed by atoms with Crippen molar-refractivity contribution in [3.63, 3.8) is 0 Å². The number of alkyl halides is 3. The van der Waals surface area contributed by atoms with E-state index >= 15 is 0 Å². The normalized spacial score (nSPS) is 26.7. The lowest BCUT2D eigenvalue weighted by molar-refractivity contribution is -0.141. The summed E-state index contributed by atoms with van der Waals surface area (Å²) < 4.78 is 39.5. The van der Waals surface area contributed by atoms with Gasteiger partial charge in [0.2, 0.25) is 0 Å². The van der Waals surface area contributed by atoms with E-state index in [1.807, 2.05) is 6.92 Å². The van der Waals surface area contributed by atoms with Crippen LogP contribution in [-0.4, -0.2) is 22.4 Å². The number of rotatable bonds is 3. The van der Waals surface area contributed by atoms with Gasteiger partial charge in [-0.3, -0.25) is 4.68 Å².